The Kier molecular flexibility index (Phi) is 12.4. The van der Waals surface area contributed by atoms with Crippen LogP contribution < -0.4 is 0 Å². The molecule has 4 N–H and O–H groups in total. The topological polar surface area (TPSA) is 107 Å². The monoisotopic (exact) mass is 394 g/mol. The highest BCUT2D eigenvalue weighted by atomic mass is 16.5. The van der Waals surface area contributed by atoms with Gasteiger partial charge in [0, 0.05) is 12.8 Å². The minimum absolute atomic E-state index is 0.0868. The molecule has 28 heavy (non-hydrogen) atoms. The predicted molar refractivity (Wildman–Crippen MR) is 109 cm³/mol. The molecule has 0 aromatic carbocycles. The van der Waals surface area contributed by atoms with E-state index in [0.29, 0.717) is 12.8 Å². The van der Waals surface area contributed by atoms with Gasteiger partial charge in [0.2, 0.25) is 0 Å². The van der Waals surface area contributed by atoms with Crippen LogP contribution in [-0.2, 0) is 9.53 Å². The number of carboxylic acid groups (broad SMARTS) is 1. The van der Waals surface area contributed by atoms with Crippen molar-refractivity contribution in [3.63, 3.8) is 0 Å². The molecule has 0 saturated carbocycles. The molecule has 0 amide bonds. The molecule has 6 nitrogen and oxygen atoms in total. The van der Waals surface area contributed by atoms with Gasteiger partial charge in [-0.1, -0.05) is 55.5 Å². The fourth-order valence-corrected chi connectivity index (χ4v) is 2.87. The summed E-state index contributed by atoms with van der Waals surface area (Å²) in [6, 6.07) is 0. The van der Waals surface area contributed by atoms with E-state index in [0.717, 1.165) is 19.3 Å². The summed E-state index contributed by atoms with van der Waals surface area (Å²) in [4.78, 5) is 10.5. The Morgan fingerprint density at radius 1 is 1.07 bits per heavy atom. The lowest BCUT2D eigenvalue weighted by atomic mass is 10.0. The number of hydrogen-bond donors (Lipinski definition) is 4. The summed E-state index contributed by atoms with van der Waals surface area (Å²) in [6.45, 7) is 2.11. The number of aliphatic hydroxyl groups is 3. The van der Waals surface area contributed by atoms with Crippen molar-refractivity contribution in [3.05, 3.63) is 48.6 Å². The fraction of sp³-hybridized carbons (Fsp3) is 0.591. The average molecular weight is 395 g/mol. The summed E-state index contributed by atoms with van der Waals surface area (Å²) in [6.07, 6.45) is 15.5. The quantitative estimate of drug-likeness (QED) is 0.358. The Hall–Kier alpha value is -1.73. The molecule has 0 aliphatic carbocycles. The number of rotatable bonds is 13. The Bertz CT molecular complexity index is 551. The van der Waals surface area contributed by atoms with Gasteiger partial charge in [-0.05, 0) is 32.1 Å². The number of ether oxygens (including phenoxy) is 1. The van der Waals surface area contributed by atoms with E-state index in [2.05, 4.69) is 31.2 Å². The van der Waals surface area contributed by atoms with Crippen molar-refractivity contribution in [1.82, 2.24) is 0 Å². The average Bonchev–Trinajstić information content (AvgIpc) is 3.03. The lowest BCUT2D eigenvalue weighted by molar-refractivity contribution is -0.137. The van der Waals surface area contributed by atoms with Crippen LogP contribution in [0.15, 0.2) is 48.6 Å². The van der Waals surface area contributed by atoms with Gasteiger partial charge in [-0.2, -0.15) is 0 Å². The second kappa shape index (κ2) is 14.3. The first-order valence-electron chi connectivity index (χ1n) is 9.98. The molecule has 1 rings (SSSR count). The van der Waals surface area contributed by atoms with Gasteiger partial charge >= 0.3 is 5.97 Å². The Morgan fingerprint density at radius 3 is 2.36 bits per heavy atom. The second-order valence-corrected chi connectivity index (χ2v) is 6.92. The Morgan fingerprint density at radius 2 is 1.71 bits per heavy atom. The van der Waals surface area contributed by atoms with Crippen molar-refractivity contribution in [2.45, 2.75) is 82.4 Å². The molecule has 6 heteroatoms. The molecule has 1 saturated heterocycles. The van der Waals surface area contributed by atoms with Gasteiger partial charge in [0.25, 0.3) is 0 Å². The summed E-state index contributed by atoms with van der Waals surface area (Å²) >= 11 is 0. The largest absolute Gasteiger partial charge is 0.481 e. The normalized spacial score (nSPS) is 25.5. The minimum atomic E-state index is -0.977. The van der Waals surface area contributed by atoms with Crippen molar-refractivity contribution < 1.29 is 30.0 Å². The van der Waals surface area contributed by atoms with E-state index in [1.54, 1.807) is 0 Å². The maximum absolute atomic E-state index is 10.5. The third-order valence-electron chi connectivity index (χ3n) is 4.47. The van der Waals surface area contributed by atoms with Crippen LogP contribution in [0, 0.1) is 0 Å². The van der Waals surface area contributed by atoms with Crippen LogP contribution in [0.3, 0.4) is 0 Å². The van der Waals surface area contributed by atoms with Crippen molar-refractivity contribution in [3.8, 4) is 0 Å². The summed E-state index contributed by atoms with van der Waals surface area (Å²) < 4.78 is 5.73. The number of aliphatic carboxylic acids is 1. The van der Waals surface area contributed by atoms with Crippen LogP contribution in [0.5, 0.6) is 0 Å². The van der Waals surface area contributed by atoms with Gasteiger partial charge in [0.1, 0.15) is 0 Å². The Balaban J connectivity index is 2.32. The summed E-state index contributed by atoms with van der Waals surface area (Å²) in [5.74, 6) is -0.977. The van der Waals surface area contributed by atoms with Crippen molar-refractivity contribution in [2.24, 2.45) is 0 Å². The molecule has 1 heterocycles. The van der Waals surface area contributed by atoms with Gasteiger partial charge in [0.15, 0.2) is 0 Å². The lowest BCUT2D eigenvalue weighted by Gasteiger charge is -2.16. The molecule has 5 atom stereocenters. The van der Waals surface area contributed by atoms with E-state index in [-0.39, 0.29) is 18.9 Å². The molecule has 0 aromatic heterocycles. The van der Waals surface area contributed by atoms with Crippen LogP contribution in [-0.4, -0.2) is 56.9 Å². The molecular formula is C22H34O6. The van der Waals surface area contributed by atoms with Gasteiger partial charge in [0.05, 0.1) is 30.5 Å². The first kappa shape index (κ1) is 24.3. The van der Waals surface area contributed by atoms with Crippen LogP contribution in [0.4, 0.5) is 0 Å². The summed E-state index contributed by atoms with van der Waals surface area (Å²) in [5.41, 5.74) is 0. The number of aliphatic hydroxyl groups excluding tert-OH is 3. The molecule has 0 spiro atoms. The standard InChI is InChI=1S/C22H34O6/c1-2-3-4-5-6-7-8-9-10-11-20-19(25)16-21(28-20)18(24)14-12-17(23)13-15-22(26)27/h3-4,6-7,9-10,12,14,17-21,23-25H,2,5,8,11,13,15-16H2,1H3,(H,26,27)/b4-3-,7-6-,10-9-,14-12+/t17-,18+,19-,20+,21-/m0/s1. The van der Waals surface area contributed by atoms with E-state index in [9.17, 15) is 20.1 Å². The van der Waals surface area contributed by atoms with E-state index < -0.39 is 30.4 Å². The van der Waals surface area contributed by atoms with Gasteiger partial charge in [-0.15, -0.1) is 0 Å². The van der Waals surface area contributed by atoms with Gasteiger partial charge in [-0.3, -0.25) is 4.79 Å². The third-order valence-corrected chi connectivity index (χ3v) is 4.47. The maximum atomic E-state index is 10.5. The zero-order valence-corrected chi connectivity index (χ0v) is 16.6. The van der Waals surface area contributed by atoms with Crippen LogP contribution in [0.1, 0.15) is 51.9 Å². The van der Waals surface area contributed by atoms with E-state index in [1.807, 2.05) is 12.2 Å². The first-order valence-corrected chi connectivity index (χ1v) is 9.98. The van der Waals surface area contributed by atoms with Gasteiger partial charge in [-0.25, -0.2) is 0 Å². The molecule has 0 bridgehead atoms. The number of allylic oxidation sites excluding steroid dienone is 5. The maximum Gasteiger partial charge on any atom is 0.303 e. The number of carboxylic acids is 1. The van der Waals surface area contributed by atoms with E-state index >= 15 is 0 Å². The number of hydrogen-bond acceptors (Lipinski definition) is 5. The van der Waals surface area contributed by atoms with Crippen LogP contribution in [0.2, 0.25) is 0 Å². The summed E-state index contributed by atoms with van der Waals surface area (Å²) in [7, 11) is 0. The van der Waals surface area contributed by atoms with Crippen LogP contribution >= 0.6 is 0 Å². The number of carbonyl (C=O) groups is 1. The molecule has 0 unspecified atom stereocenters. The van der Waals surface area contributed by atoms with Crippen molar-refractivity contribution in [1.29, 1.82) is 0 Å². The van der Waals surface area contributed by atoms with Crippen LogP contribution in [0.25, 0.3) is 0 Å². The second-order valence-electron chi connectivity index (χ2n) is 6.92. The fourth-order valence-electron chi connectivity index (χ4n) is 2.87. The molecule has 1 aliphatic heterocycles. The zero-order chi connectivity index (χ0) is 20.8. The lowest BCUT2D eigenvalue weighted by Crippen LogP contribution is -2.24. The Labute approximate surface area is 167 Å². The molecule has 158 valence electrons. The van der Waals surface area contributed by atoms with Gasteiger partial charge < -0.3 is 25.2 Å². The molecule has 0 aromatic rings. The van der Waals surface area contributed by atoms with Crippen molar-refractivity contribution >= 4 is 5.97 Å². The highest BCUT2D eigenvalue weighted by molar-refractivity contribution is 5.66. The highest BCUT2D eigenvalue weighted by Crippen LogP contribution is 2.26. The summed E-state index contributed by atoms with van der Waals surface area (Å²) in [5, 5.41) is 38.5. The smallest absolute Gasteiger partial charge is 0.303 e. The first-order chi connectivity index (χ1) is 13.4. The highest BCUT2D eigenvalue weighted by Gasteiger charge is 2.36. The minimum Gasteiger partial charge on any atom is -0.481 e. The molecule has 1 fully saturated rings. The SMILES string of the molecule is CC/C=C\C/C=C\C/C=C\C[C@H]1O[C@H]([C@H](O)/C=C/[C@H](O)CCC(=O)O)C[C@@H]1O. The van der Waals surface area contributed by atoms with E-state index in [1.165, 1.54) is 12.2 Å². The zero-order valence-electron chi connectivity index (χ0n) is 16.6. The third kappa shape index (κ3) is 10.6. The molecule has 1 aliphatic rings. The molecular weight excluding hydrogens is 360 g/mol. The van der Waals surface area contributed by atoms with Crippen molar-refractivity contribution in [2.75, 3.05) is 0 Å². The van der Waals surface area contributed by atoms with E-state index in [4.69, 9.17) is 9.84 Å². The molecule has 0 radical (unpaired) electrons. The predicted octanol–water partition coefficient (Wildman–Crippen LogP) is 2.90.